The summed E-state index contributed by atoms with van der Waals surface area (Å²) in [4.78, 5) is 14.6. The van der Waals surface area contributed by atoms with Gasteiger partial charge in [0.25, 0.3) is 5.91 Å². The smallest absolute Gasteiger partial charge is 0.261 e. The zero-order valence-electron chi connectivity index (χ0n) is 16.8. The van der Waals surface area contributed by atoms with Gasteiger partial charge < -0.3 is 15.0 Å². The number of hydrogen-bond donors (Lipinski definition) is 1. The highest BCUT2D eigenvalue weighted by Gasteiger charge is 2.15. The summed E-state index contributed by atoms with van der Waals surface area (Å²) >= 11 is 6.18. The lowest BCUT2D eigenvalue weighted by Gasteiger charge is -2.21. The summed E-state index contributed by atoms with van der Waals surface area (Å²) < 4.78 is 5.78. The maximum atomic E-state index is 12.4. The Labute approximate surface area is 167 Å². The van der Waals surface area contributed by atoms with Crippen LogP contribution in [0.3, 0.4) is 0 Å². The summed E-state index contributed by atoms with van der Waals surface area (Å²) in [5.41, 5.74) is 4.13. The molecule has 0 spiro atoms. The molecule has 2 aromatic carbocycles. The lowest BCUT2D eigenvalue weighted by molar-refractivity contribution is -0.127. The number of carbonyl (C=O) groups is 1. The molecule has 5 heteroatoms. The molecule has 1 N–H and O–H groups in total. The molecule has 1 amide bonds. The van der Waals surface area contributed by atoms with Crippen LogP contribution in [0.15, 0.2) is 36.4 Å². The summed E-state index contributed by atoms with van der Waals surface area (Å²) in [5, 5.41) is 3.66. The van der Waals surface area contributed by atoms with Crippen LogP contribution in [0, 0.1) is 13.8 Å². The number of nitrogens with zero attached hydrogens (tertiary/aromatic N) is 1. The van der Waals surface area contributed by atoms with E-state index in [1.165, 1.54) is 5.69 Å². The number of carbonyl (C=O) groups excluding carboxylic acids is 1. The van der Waals surface area contributed by atoms with Crippen molar-refractivity contribution in [3.05, 3.63) is 58.1 Å². The van der Waals surface area contributed by atoms with Crippen LogP contribution in [0.1, 0.15) is 37.5 Å². The number of amides is 1. The first-order chi connectivity index (χ1) is 12.8. The van der Waals surface area contributed by atoms with Crippen LogP contribution >= 0.6 is 11.6 Å². The number of hydrogen-bond acceptors (Lipinski definition) is 3. The fraction of sp³-hybridized carbons (Fsp3) is 0.409. The number of aryl methyl sites for hydroxylation is 2. The second-order valence-corrected chi connectivity index (χ2v) is 7.07. The Morgan fingerprint density at radius 3 is 2.19 bits per heavy atom. The van der Waals surface area contributed by atoms with E-state index in [0.717, 1.165) is 34.8 Å². The Hall–Kier alpha value is -2.20. The van der Waals surface area contributed by atoms with Crippen molar-refractivity contribution in [2.24, 2.45) is 0 Å². The molecule has 1 atom stereocenters. The SMILES string of the molecule is CCN(CC)c1ccc(CNC(=O)C(C)Oc2cc(C)c(Cl)c(C)c2)cc1. The minimum Gasteiger partial charge on any atom is -0.481 e. The van der Waals surface area contributed by atoms with Gasteiger partial charge in [0.2, 0.25) is 0 Å². The summed E-state index contributed by atoms with van der Waals surface area (Å²) in [7, 11) is 0. The van der Waals surface area contributed by atoms with Crippen molar-refractivity contribution in [2.45, 2.75) is 47.3 Å². The van der Waals surface area contributed by atoms with Gasteiger partial charge in [-0.05, 0) is 75.6 Å². The van der Waals surface area contributed by atoms with Crippen LogP contribution in [0.5, 0.6) is 5.75 Å². The fourth-order valence-electron chi connectivity index (χ4n) is 2.98. The molecule has 0 aliphatic carbocycles. The average molecular weight is 389 g/mol. The van der Waals surface area contributed by atoms with Gasteiger partial charge in [-0.3, -0.25) is 4.79 Å². The summed E-state index contributed by atoms with van der Waals surface area (Å²) in [5.74, 6) is 0.508. The molecule has 0 radical (unpaired) electrons. The number of nitrogens with one attached hydrogen (secondary N) is 1. The van der Waals surface area contributed by atoms with Crippen molar-refractivity contribution in [1.29, 1.82) is 0 Å². The van der Waals surface area contributed by atoms with E-state index in [9.17, 15) is 4.79 Å². The van der Waals surface area contributed by atoms with Gasteiger partial charge >= 0.3 is 0 Å². The third-order valence-corrected chi connectivity index (χ3v) is 5.22. The van der Waals surface area contributed by atoms with Crippen molar-refractivity contribution < 1.29 is 9.53 Å². The predicted molar refractivity (Wildman–Crippen MR) is 113 cm³/mol. The number of anilines is 1. The molecule has 0 saturated carbocycles. The first kappa shape index (κ1) is 21.1. The molecule has 4 nitrogen and oxygen atoms in total. The van der Waals surface area contributed by atoms with E-state index in [1.54, 1.807) is 6.92 Å². The molecule has 27 heavy (non-hydrogen) atoms. The van der Waals surface area contributed by atoms with Crippen molar-refractivity contribution in [2.75, 3.05) is 18.0 Å². The zero-order valence-corrected chi connectivity index (χ0v) is 17.6. The maximum absolute atomic E-state index is 12.4. The van der Waals surface area contributed by atoms with Crippen LogP contribution < -0.4 is 15.0 Å². The molecule has 0 bridgehead atoms. The Morgan fingerprint density at radius 2 is 1.67 bits per heavy atom. The Kier molecular flexibility index (Phi) is 7.55. The monoisotopic (exact) mass is 388 g/mol. The molecule has 0 saturated heterocycles. The van der Waals surface area contributed by atoms with E-state index >= 15 is 0 Å². The van der Waals surface area contributed by atoms with Gasteiger partial charge in [-0.25, -0.2) is 0 Å². The minimum absolute atomic E-state index is 0.145. The quantitative estimate of drug-likeness (QED) is 0.700. The minimum atomic E-state index is -0.583. The van der Waals surface area contributed by atoms with E-state index in [-0.39, 0.29) is 5.91 Å². The zero-order chi connectivity index (χ0) is 20.0. The Balaban J connectivity index is 1.91. The third kappa shape index (κ3) is 5.64. The Bertz CT molecular complexity index is 747. The second-order valence-electron chi connectivity index (χ2n) is 6.69. The lowest BCUT2D eigenvalue weighted by atomic mass is 10.1. The largest absolute Gasteiger partial charge is 0.481 e. The van der Waals surface area contributed by atoms with E-state index < -0.39 is 6.10 Å². The summed E-state index contributed by atoms with van der Waals surface area (Å²) in [6.07, 6.45) is -0.583. The number of benzene rings is 2. The highest BCUT2D eigenvalue weighted by Crippen LogP contribution is 2.26. The summed E-state index contributed by atoms with van der Waals surface area (Å²) in [6, 6.07) is 12.0. The molecular formula is C22H29ClN2O2. The van der Waals surface area contributed by atoms with Crippen LogP contribution in [-0.4, -0.2) is 25.1 Å². The van der Waals surface area contributed by atoms with Gasteiger partial charge in [-0.15, -0.1) is 0 Å². The van der Waals surface area contributed by atoms with Gasteiger partial charge in [0.15, 0.2) is 6.10 Å². The van der Waals surface area contributed by atoms with Gasteiger partial charge in [-0.2, -0.15) is 0 Å². The molecule has 0 aliphatic rings. The van der Waals surface area contributed by atoms with Gasteiger partial charge in [-0.1, -0.05) is 23.7 Å². The van der Waals surface area contributed by atoms with Crippen molar-refractivity contribution in [3.63, 3.8) is 0 Å². The van der Waals surface area contributed by atoms with Crippen molar-refractivity contribution in [1.82, 2.24) is 5.32 Å². The van der Waals surface area contributed by atoms with Crippen LogP contribution in [0.4, 0.5) is 5.69 Å². The summed E-state index contributed by atoms with van der Waals surface area (Å²) in [6.45, 7) is 12.3. The van der Waals surface area contributed by atoms with Crippen LogP contribution in [0.25, 0.3) is 0 Å². The van der Waals surface area contributed by atoms with Crippen molar-refractivity contribution in [3.8, 4) is 5.75 Å². The van der Waals surface area contributed by atoms with E-state index in [1.807, 2.05) is 38.1 Å². The lowest BCUT2D eigenvalue weighted by Crippen LogP contribution is -2.35. The highest BCUT2D eigenvalue weighted by atomic mass is 35.5. The number of rotatable bonds is 8. The van der Waals surface area contributed by atoms with Crippen molar-refractivity contribution >= 4 is 23.2 Å². The maximum Gasteiger partial charge on any atom is 0.261 e. The molecule has 146 valence electrons. The molecule has 0 fully saturated rings. The van der Waals surface area contributed by atoms with E-state index in [2.05, 4.69) is 36.2 Å². The average Bonchev–Trinajstić information content (AvgIpc) is 2.66. The number of ether oxygens (including phenoxy) is 1. The molecule has 2 rings (SSSR count). The Morgan fingerprint density at radius 1 is 1.11 bits per heavy atom. The van der Waals surface area contributed by atoms with Gasteiger partial charge in [0, 0.05) is 30.3 Å². The molecule has 0 aliphatic heterocycles. The first-order valence-electron chi connectivity index (χ1n) is 9.40. The third-order valence-electron chi connectivity index (χ3n) is 4.62. The molecular weight excluding hydrogens is 360 g/mol. The topological polar surface area (TPSA) is 41.6 Å². The van der Waals surface area contributed by atoms with E-state index in [0.29, 0.717) is 12.3 Å². The molecule has 0 heterocycles. The first-order valence-corrected chi connectivity index (χ1v) is 9.78. The molecule has 2 aromatic rings. The molecule has 1 unspecified atom stereocenters. The standard InChI is InChI=1S/C22H29ClN2O2/c1-6-25(7-2)19-10-8-18(9-11-19)14-24-22(26)17(5)27-20-12-15(3)21(23)16(4)13-20/h8-13,17H,6-7,14H2,1-5H3,(H,24,26). The number of halogens is 1. The van der Waals surface area contributed by atoms with Gasteiger partial charge in [0.05, 0.1) is 0 Å². The van der Waals surface area contributed by atoms with E-state index in [4.69, 9.17) is 16.3 Å². The molecule has 0 aromatic heterocycles. The second kappa shape index (κ2) is 9.65. The predicted octanol–water partition coefficient (Wildman–Crippen LogP) is 4.89. The van der Waals surface area contributed by atoms with Crippen LogP contribution in [-0.2, 0) is 11.3 Å². The normalized spacial score (nSPS) is 11.8. The fourth-order valence-corrected chi connectivity index (χ4v) is 3.09. The van der Waals surface area contributed by atoms with Crippen LogP contribution in [0.2, 0.25) is 5.02 Å². The van der Waals surface area contributed by atoms with Gasteiger partial charge in [0.1, 0.15) is 5.75 Å². The highest BCUT2D eigenvalue weighted by molar-refractivity contribution is 6.32.